The van der Waals surface area contributed by atoms with Crippen LogP contribution in [0.4, 0.5) is 5.69 Å². The smallest absolute Gasteiger partial charge is 0.263 e. The molecule has 1 rings (SSSR count). The van der Waals surface area contributed by atoms with E-state index in [1.165, 1.54) is 6.20 Å². The lowest BCUT2D eigenvalue weighted by Crippen LogP contribution is -2.26. The maximum Gasteiger partial charge on any atom is 0.263 e. The van der Waals surface area contributed by atoms with Crippen molar-refractivity contribution in [1.29, 1.82) is 5.26 Å². The molecule has 2 N–H and O–H groups in total. The third-order valence-electron chi connectivity index (χ3n) is 3.73. The van der Waals surface area contributed by atoms with Crippen molar-refractivity contribution in [1.82, 2.24) is 5.32 Å². The van der Waals surface area contributed by atoms with Gasteiger partial charge < -0.3 is 15.4 Å². The SMILES string of the molecule is CCCCOCCCNC(=O)/C(C#N)=C\Nc1cccc(C)c1C. The Morgan fingerprint density at radius 1 is 1.29 bits per heavy atom. The average Bonchev–Trinajstić information content (AvgIpc) is 2.58. The number of hydrogen-bond donors (Lipinski definition) is 2. The molecule has 1 aromatic rings. The Bertz CT molecular complexity index is 603. The number of amides is 1. The van der Waals surface area contributed by atoms with Crippen LogP contribution in [0.3, 0.4) is 0 Å². The summed E-state index contributed by atoms with van der Waals surface area (Å²) >= 11 is 0. The van der Waals surface area contributed by atoms with E-state index in [2.05, 4.69) is 17.6 Å². The molecule has 0 aliphatic rings. The fraction of sp³-hybridized carbons (Fsp3) is 0.474. The fourth-order valence-corrected chi connectivity index (χ4v) is 2.03. The predicted octanol–water partition coefficient (Wildman–Crippen LogP) is 3.45. The van der Waals surface area contributed by atoms with E-state index < -0.39 is 0 Å². The molecule has 0 radical (unpaired) electrons. The van der Waals surface area contributed by atoms with Gasteiger partial charge in [-0.05, 0) is 43.9 Å². The van der Waals surface area contributed by atoms with Gasteiger partial charge in [0.2, 0.25) is 0 Å². The van der Waals surface area contributed by atoms with E-state index in [0.717, 1.165) is 42.7 Å². The Morgan fingerprint density at radius 2 is 2.04 bits per heavy atom. The van der Waals surface area contributed by atoms with E-state index >= 15 is 0 Å². The van der Waals surface area contributed by atoms with Crippen molar-refractivity contribution in [3.63, 3.8) is 0 Å². The number of carbonyl (C=O) groups excluding carboxylic acids is 1. The molecule has 0 aliphatic heterocycles. The fourth-order valence-electron chi connectivity index (χ4n) is 2.03. The van der Waals surface area contributed by atoms with Gasteiger partial charge in [-0.15, -0.1) is 0 Å². The van der Waals surface area contributed by atoms with Crippen LogP contribution in [0.5, 0.6) is 0 Å². The summed E-state index contributed by atoms with van der Waals surface area (Å²) in [5.74, 6) is -0.371. The molecule has 0 unspecified atom stereocenters. The molecule has 24 heavy (non-hydrogen) atoms. The number of nitrogens with one attached hydrogen (secondary N) is 2. The highest BCUT2D eigenvalue weighted by molar-refractivity contribution is 5.97. The zero-order valence-electron chi connectivity index (χ0n) is 14.8. The van der Waals surface area contributed by atoms with Gasteiger partial charge in [0.1, 0.15) is 11.6 Å². The molecule has 0 heterocycles. The number of rotatable bonds is 10. The highest BCUT2D eigenvalue weighted by Gasteiger charge is 2.08. The number of hydrogen-bond acceptors (Lipinski definition) is 4. The van der Waals surface area contributed by atoms with Crippen molar-refractivity contribution in [2.24, 2.45) is 0 Å². The molecular weight excluding hydrogens is 302 g/mol. The monoisotopic (exact) mass is 329 g/mol. The summed E-state index contributed by atoms with van der Waals surface area (Å²) in [6, 6.07) is 7.80. The maximum absolute atomic E-state index is 12.0. The van der Waals surface area contributed by atoms with Crippen LogP contribution in [-0.4, -0.2) is 25.7 Å². The third-order valence-corrected chi connectivity index (χ3v) is 3.73. The van der Waals surface area contributed by atoms with Gasteiger partial charge in [0.25, 0.3) is 5.91 Å². The number of nitriles is 1. The van der Waals surface area contributed by atoms with Gasteiger partial charge in [-0.3, -0.25) is 4.79 Å². The van der Waals surface area contributed by atoms with E-state index in [4.69, 9.17) is 10.00 Å². The molecule has 0 fully saturated rings. The minimum absolute atomic E-state index is 0.0582. The van der Waals surface area contributed by atoms with Gasteiger partial charge >= 0.3 is 0 Å². The van der Waals surface area contributed by atoms with Crippen LogP contribution in [0.1, 0.15) is 37.3 Å². The molecule has 5 heteroatoms. The van der Waals surface area contributed by atoms with Crippen LogP contribution < -0.4 is 10.6 Å². The average molecular weight is 329 g/mol. The zero-order chi connectivity index (χ0) is 17.8. The number of benzene rings is 1. The van der Waals surface area contributed by atoms with Crippen LogP contribution in [0, 0.1) is 25.2 Å². The summed E-state index contributed by atoms with van der Waals surface area (Å²) in [6.45, 7) is 8.00. The number of carbonyl (C=O) groups is 1. The van der Waals surface area contributed by atoms with Crippen LogP contribution in [0.2, 0.25) is 0 Å². The molecule has 0 spiro atoms. The van der Waals surface area contributed by atoms with Gasteiger partial charge in [-0.2, -0.15) is 5.26 Å². The van der Waals surface area contributed by atoms with Gasteiger partial charge in [0.15, 0.2) is 0 Å². The van der Waals surface area contributed by atoms with Crippen LogP contribution in [0.25, 0.3) is 0 Å². The highest BCUT2D eigenvalue weighted by atomic mass is 16.5. The van der Waals surface area contributed by atoms with Crippen molar-refractivity contribution in [2.75, 3.05) is 25.1 Å². The third kappa shape index (κ3) is 6.84. The van der Waals surface area contributed by atoms with Gasteiger partial charge in [0, 0.05) is 31.6 Å². The Labute approximate surface area is 144 Å². The first-order valence-electron chi connectivity index (χ1n) is 8.39. The zero-order valence-corrected chi connectivity index (χ0v) is 14.8. The number of unbranched alkanes of at least 4 members (excludes halogenated alkanes) is 1. The lowest BCUT2D eigenvalue weighted by Gasteiger charge is -2.09. The predicted molar refractivity (Wildman–Crippen MR) is 96.6 cm³/mol. The summed E-state index contributed by atoms with van der Waals surface area (Å²) in [4.78, 5) is 12.0. The molecule has 130 valence electrons. The molecule has 1 amide bonds. The molecule has 5 nitrogen and oxygen atoms in total. The van der Waals surface area contributed by atoms with Gasteiger partial charge in [-0.25, -0.2) is 0 Å². The normalized spacial score (nSPS) is 11.0. The molecule has 0 atom stereocenters. The quantitative estimate of drug-likeness (QED) is 0.392. The lowest BCUT2D eigenvalue weighted by atomic mass is 10.1. The summed E-state index contributed by atoms with van der Waals surface area (Å²) in [5, 5.41) is 14.9. The van der Waals surface area contributed by atoms with Crippen molar-refractivity contribution in [3.8, 4) is 6.07 Å². The number of nitrogens with zero attached hydrogens (tertiary/aromatic N) is 1. The molecule has 0 saturated heterocycles. The number of anilines is 1. The Balaban J connectivity index is 2.43. The highest BCUT2D eigenvalue weighted by Crippen LogP contribution is 2.18. The molecule has 0 aliphatic carbocycles. The maximum atomic E-state index is 12.0. The van der Waals surface area contributed by atoms with Crippen LogP contribution in [0.15, 0.2) is 30.0 Å². The van der Waals surface area contributed by atoms with Crippen molar-refractivity contribution >= 4 is 11.6 Å². The van der Waals surface area contributed by atoms with E-state index in [-0.39, 0.29) is 11.5 Å². The Morgan fingerprint density at radius 3 is 2.75 bits per heavy atom. The lowest BCUT2D eigenvalue weighted by molar-refractivity contribution is -0.117. The Kier molecular flexibility index (Phi) is 9.25. The van der Waals surface area contributed by atoms with Crippen LogP contribution >= 0.6 is 0 Å². The molecule has 0 saturated carbocycles. The summed E-state index contributed by atoms with van der Waals surface area (Å²) in [7, 11) is 0. The standard InChI is InChI=1S/C19H27N3O2/c1-4-5-11-24-12-7-10-21-19(23)17(13-20)14-22-18-9-6-8-15(2)16(18)3/h6,8-9,14,22H,4-5,7,10-12H2,1-3H3,(H,21,23)/b17-14-. The van der Waals surface area contributed by atoms with E-state index in [9.17, 15) is 4.79 Å². The van der Waals surface area contributed by atoms with Crippen LogP contribution in [-0.2, 0) is 9.53 Å². The van der Waals surface area contributed by atoms with E-state index in [1.54, 1.807) is 0 Å². The topological polar surface area (TPSA) is 74.1 Å². The molecular formula is C19H27N3O2. The largest absolute Gasteiger partial charge is 0.381 e. The first kappa shape index (κ1) is 19.7. The van der Waals surface area contributed by atoms with E-state index in [0.29, 0.717) is 13.2 Å². The number of ether oxygens (including phenoxy) is 1. The second-order valence-corrected chi connectivity index (χ2v) is 5.64. The summed E-state index contributed by atoms with van der Waals surface area (Å²) < 4.78 is 5.43. The van der Waals surface area contributed by atoms with E-state index in [1.807, 2.05) is 38.1 Å². The van der Waals surface area contributed by atoms with Gasteiger partial charge in [0.05, 0.1) is 0 Å². The van der Waals surface area contributed by atoms with Gasteiger partial charge in [-0.1, -0.05) is 25.5 Å². The second-order valence-electron chi connectivity index (χ2n) is 5.64. The molecule has 0 aromatic heterocycles. The molecule has 1 aromatic carbocycles. The minimum atomic E-state index is -0.371. The van der Waals surface area contributed by atoms with Crippen molar-refractivity contribution < 1.29 is 9.53 Å². The number of aryl methyl sites for hydroxylation is 1. The summed E-state index contributed by atoms with van der Waals surface area (Å²) in [6.07, 6.45) is 4.35. The van der Waals surface area contributed by atoms with Crippen molar-refractivity contribution in [3.05, 3.63) is 41.1 Å². The first-order chi connectivity index (χ1) is 11.6. The second kappa shape index (κ2) is 11.3. The Hall–Kier alpha value is -2.32. The summed E-state index contributed by atoms with van der Waals surface area (Å²) in [5.41, 5.74) is 3.19. The first-order valence-corrected chi connectivity index (χ1v) is 8.39. The molecule has 0 bridgehead atoms. The minimum Gasteiger partial charge on any atom is -0.381 e. The van der Waals surface area contributed by atoms with Crippen molar-refractivity contribution in [2.45, 2.75) is 40.0 Å².